The summed E-state index contributed by atoms with van der Waals surface area (Å²) in [4.78, 5) is 23.5. The van der Waals surface area contributed by atoms with Crippen molar-refractivity contribution in [3.8, 4) is 0 Å². The van der Waals surface area contributed by atoms with Crippen LogP contribution in [0.3, 0.4) is 0 Å². The maximum atomic E-state index is 12.2. The smallest absolute Gasteiger partial charge is 0.258 e. The third kappa shape index (κ3) is 4.19. The van der Waals surface area contributed by atoms with Crippen LogP contribution in [0, 0.1) is 0 Å². The van der Waals surface area contributed by atoms with E-state index in [1.165, 1.54) is 6.07 Å². The van der Waals surface area contributed by atoms with Gasteiger partial charge in [-0.25, -0.2) is 0 Å². The third-order valence-electron chi connectivity index (χ3n) is 2.86. The molecule has 0 bridgehead atoms. The van der Waals surface area contributed by atoms with Crippen LogP contribution < -0.4 is 16.4 Å². The van der Waals surface area contributed by atoms with E-state index in [4.69, 9.17) is 41.2 Å². The molecule has 2 aromatic carbocycles. The predicted molar refractivity (Wildman–Crippen MR) is 95.1 cm³/mol. The highest BCUT2D eigenvalue weighted by Crippen LogP contribution is 2.25. The summed E-state index contributed by atoms with van der Waals surface area (Å²) in [5.41, 5.74) is 6.11. The van der Waals surface area contributed by atoms with E-state index in [9.17, 15) is 9.59 Å². The van der Waals surface area contributed by atoms with Gasteiger partial charge in [-0.2, -0.15) is 0 Å². The Morgan fingerprint density at radius 3 is 2.35 bits per heavy atom. The lowest BCUT2D eigenvalue weighted by atomic mass is 10.1. The van der Waals surface area contributed by atoms with Crippen molar-refractivity contribution in [2.75, 3.05) is 5.32 Å². The molecule has 118 valence electrons. The summed E-state index contributed by atoms with van der Waals surface area (Å²) in [5.74, 6) is -1.13. The number of anilines is 1. The molecule has 0 unspecified atom stereocenters. The monoisotopic (exact) mass is 367 g/mol. The molecule has 0 aliphatic heterocycles. The zero-order chi connectivity index (χ0) is 17.0. The highest BCUT2D eigenvalue weighted by molar-refractivity contribution is 7.80. The molecule has 2 aromatic rings. The van der Waals surface area contributed by atoms with E-state index in [-0.39, 0.29) is 26.3 Å². The lowest BCUT2D eigenvalue weighted by molar-refractivity contribution is 0.0975. The van der Waals surface area contributed by atoms with Crippen LogP contribution in [-0.4, -0.2) is 16.9 Å². The van der Waals surface area contributed by atoms with Gasteiger partial charge in [-0.3, -0.25) is 14.9 Å². The number of para-hydroxylation sites is 1. The molecular weight excluding hydrogens is 357 g/mol. The summed E-state index contributed by atoms with van der Waals surface area (Å²) in [7, 11) is 0. The average molecular weight is 368 g/mol. The molecule has 0 aliphatic rings. The van der Waals surface area contributed by atoms with Crippen LogP contribution in [0.2, 0.25) is 10.0 Å². The van der Waals surface area contributed by atoms with Gasteiger partial charge in [-0.05, 0) is 36.5 Å². The first-order valence-electron chi connectivity index (χ1n) is 6.35. The highest BCUT2D eigenvalue weighted by atomic mass is 35.5. The Morgan fingerprint density at radius 1 is 1.00 bits per heavy atom. The van der Waals surface area contributed by atoms with Crippen molar-refractivity contribution in [1.29, 1.82) is 0 Å². The maximum Gasteiger partial charge on any atom is 0.258 e. The summed E-state index contributed by atoms with van der Waals surface area (Å²) in [5, 5.41) is 5.61. The van der Waals surface area contributed by atoms with Crippen LogP contribution >= 0.6 is 35.4 Å². The molecule has 2 amide bonds. The van der Waals surface area contributed by atoms with Gasteiger partial charge in [0.2, 0.25) is 0 Å². The van der Waals surface area contributed by atoms with Gasteiger partial charge < -0.3 is 11.1 Å². The molecule has 5 nitrogen and oxygen atoms in total. The molecule has 8 heteroatoms. The number of thiocarbonyl (C=S) groups is 1. The molecule has 0 fully saturated rings. The number of halogens is 2. The van der Waals surface area contributed by atoms with Crippen LogP contribution in [0.4, 0.5) is 5.69 Å². The quantitative estimate of drug-likeness (QED) is 0.727. The minimum Gasteiger partial charge on any atom is -0.366 e. The Bertz CT molecular complexity index is 796. The zero-order valence-electron chi connectivity index (χ0n) is 11.6. The van der Waals surface area contributed by atoms with Crippen LogP contribution in [-0.2, 0) is 0 Å². The van der Waals surface area contributed by atoms with Crippen molar-refractivity contribution in [3.63, 3.8) is 0 Å². The molecule has 0 heterocycles. The second-order valence-electron chi connectivity index (χ2n) is 4.42. The van der Waals surface area contributed by atoms with E-state index in [1.54, 1.807) is 36.4 Å². The van der Waals surface area contributed by atoms with Gasteiger partial charge in [0.05, 0.1) is 26.9 Å². The lowest BCUT2D eigenvalue weighted by Crippen LogP contribution is -2.34. The number of hydrogen-bond acceptors (Lipinski definition) is 3. The van der Waals surface area contributed by atoms with E-state index in [0.717, 1.165) is 0 Å². The zero-order valence-corrected chi connectivity index (χ0v) is 13.9. The van der Waals surface area contributed by atoms with Gasteiger partial charge in [-0.15, -0.1) is 0 Å². The van der Waals surface area contributed by atoms with Crippen molar-refractivity contribution in [1.82, 2.24) is 5.32 Å². The van der Waals surface area contributed by atoms with Crippen molar-refractivity contribution in [3.05, 3.63) is 63.6 Å². The predicted octanol–water partition coefficient (Wildman–Crippen LogP) is 3.22. The Hall–Kier alpha value is -2.15. The fourth-order valence-corrected chi connectivity index (χ4v) is 2.40. The molecule has 0 saturated carbocycles. The SMILES string of the molecule is NC(=O)c1ccccc1NC(=S)NC(=O)c1cccc(Cl)c1Cl. The van der Waals surface area contributed by atoms with Crippen LogP contribution in [0.5, 0.6) is 0 Å². The first kappa shape index (κ1) is 17.2. The molecule has 0 radical (unpaired) electrons. The largest absolute Gasteiger partial charge is 0.366 e. The van der Waals surface area contributed by atoms with E-state index in [2.05, 4.69) is 10.6 Å². The number of nitrogens with two attached hydrogens (primary N) is 1. The number of hydrogen-bond donors (Lipinski definition) is 3. The summed E-state index contributed by atoms with van der Waals surface area (Å²) in [6.07, 6.45) is 0. The Labute approximate surface area is 147 Å². The molecule has 4 N–H and O–H groups in total. The van der Waals surface area contributed by atoms with Crippen molar-refractivity contribution >= 4 is 58.0 Å². The highest BCUT2D eigenvalue weighted by Gasteiger charge is 2.15. The van der Waals surface area contributed by atoms with Crippen LogP contribution in [0.25, 0.3) is 0 Å². The van der Waals surface area contributed by atoms with Gasteiger partial charge in [0.15, 0.2) is 5.11 Å². The number of rotatable bonds is 3. The third-order valence-corrected chi connectivity index (χ3v) is 3.89. The molecule has 0 aromatic heterocycles. The first-order chi connectivity index (χ1) is 10.9. The van der Waals surface area contributed by atoms with Gasteiger partial charge in [-0.1, -0.05) is 41.4 Å². The van der Waals surface area contributed by atoms with Crippen LogP contribution in [0.1, 0.15) is 20.7 Å². The van der Waals surface area contributed by atoms with Crippen molar-refractivity contribution < 1.29 is 9.59 Å². The molecule has 0 atom stereocenters. The molecular formula is C15H11Cl2N3O2S. The number of carbonyl (C=O) groups is 2. The molecule has 0 saturated heterocycles. The van der Waals surface area contributed by atoms with Gasteiger partial charge in [0.1, 0.15) is 0 Å². The van der Waals surface area contributed by atoms with E-state index < -0.39 is 11.8 Å². The van der Waals surface area contributed by atoms with Gasteiger partial charge in [0, 0.05) is 0 Å². The normalized spacial score (nSPS) is 10.0. The van der Waals surface area contributed by atoms with Crippen molar-refractivity contribution in [2.24, 2.45) is 5.73 Å². The summed E-state index contributed by atoms with van der Waals surface area (Å²) >= 11 is 16.9. The summed E-state index contributed by atoms with van der Waals surface area (Å²) in [6.45, 7) is 0. The Balaban J connectivity index is 2.13. The molecule has 23 heavy (non-hydrogen) atoms. The minimum absolute atomic E-state index is 0.000239. The molecule has 2 rings (SSSR count). The number of carbonyl (C=O) groups excluding carboxylic acids is 2. The molecule has 0 spiro atoms. The number of benzene rings is 2. The van der Waals surface area contributed by atoms with E-state index in [1.807, 2.05) is 0 Å². The van der Waals surface area contributed by atoms with Crippen molar-refractivity contribution in [2.45, 2.75) is 0 Å². The van der Waals surface area contributed by atoms with E-state index in [0.29, 0.717) is 5.69 Å². The fourth-order valence-electron chi connectivity index (χ4n) is 1.81. The topological polar surface area (TPSA) is 84.2 Å². The lowest BCUT2D eigenvalue weighted by Gasteiger charge is -2.12. The Morgan fingerprint density at radius 2 is 1.65 bits per heavy atom. The number of primary amides is 1. The van der Waals surface area contributed by atoms with Gasteiger partial charge in [0.25, 0.3) is 11.8 Å². The van der Waals surface area contributed by atoms with E-state index >= 15 is 0 Å². The first-order valence-corrected chi connectivity index (χ1v) is 7.51. The second kappa shape index (κ2) is 7.41. The number of amides is 2. The average Bonchev–Trinajstić information content (AvgIpc) is 2.50. The minimum atomic E-state index is -0.611. The molecule has 0 aliphatic carbocycles. The standard InChI is InChI=1S/C15H11Cl2N3O2S/c16-10-6-3-5-9(12(10)17)14(22)20-15(23)19-11-7-2-1-4-8(11)13(18)21/h1-7H,(H2,18,21)(H2,19,20,22,23). The maximum absolute atomic E-state index is 12.2. The fraction of sp³-hybridized carbons (Fsp3) is 0. The number of nitrogens with one attached hydrogen (secondary N) is 2. The van der Waals surface area contributed by atoms with Gasteiger partial charge >= 0.3 is 0 Å². The summed E-state index contributed by atoms with van der Waals surface area (Å²) in [6, 6.07) is 11.2. The summed E-state index contributed by atoms with van der Waals surface area (Å²) < 4.78 is 0. The second-order valence-corrected chi connectivity index (χ2v) is 5.61. The van der Waals surface area contributed by atoms with Crippen LogP contribution in [0.15, 0.2) is 42.5 Å². The Kier molecular flexibility index (Phi) is 5.54.